The van der Waals surface area contributed by atoms with Gasteiger partial charge in [-0.15, -0.1) is 0 Å². The van der Waals surface area contributed by atoms with Gasteiger partial charge >= 0.3 is 5.97 Å². The quantitative estimate of drug-likeness (QED) is 0.702. The number of rotatable bonds is 4. The third-order valence-electron chi connectivity index (χ3n) is 4.56. The number of aryl methyl sites for hydroxylation is 3. The lowest BCUT2D eigenvalue weighted by molar-refractivity contribution is -0.119. The molecule has 0 radical (unpaired) electrons. The van der Waals surface area contributed by atoms with Gasteiger partial charge in [0.05, 0.1) is 5.56 Å². The van der Waals surface area contributed by atoms with Crippen molar-refractivity contribution in [2.24, 2.45) is 0 Å². The molecule has 0 atom stereocenters. The zero-order chi connectivity index (χ0) is 18.1. The Hall–Kier alpha value is -3.09. The lowest BCUT2D eigenvalue weighted by Gasteiger charge is -2.10. The molecule has 0 saturated heterocycles. The number of carbonyl (C=O) groups excluding carboxylic acids is 2. The second-order valence-electron chi connectivity index (χ2n) is 6.50. The minimum absolute atomic E-state index is 0.295. The van der Waals surface area contributed by atoms with Crippen LogP contribution in [0.2, 0.25) is 0 Å². The van der Waals surface area contributed by atoms with E-state index in [0.717, 1.165) is 30.2 Å². The maximum atomic E-state index is 12.3. The van der Waals surface area contributed by atoms with Gasteiger partial charge in [0.2, 0.25) is 0 Å². The minimum atomic E-state index is -0.524. The fraction of sp³-hybridized carbons (Fsp3) is 0.316. The number of amides is 1. The summed E-state index contributed by atoms with van der Waals surface area (Å²) in [7, 11) is 0. The van der Waals surface area contributed by atoms with Crippen LogP contribution in [0.4, 0.5) is 5.82 Å². The van der Waals surface area contributed by atoms with Gasteiger partial charge in [-0.05, 0) is 56.4 Å². The predicted octanol–water partition coefficient (Wildman–Crippen LogP) is 3.14. The molecule has 0 saturated carbocycles. The van der Waals surface area contributed by atoms with E-state index in [9.17, 15) is 9.59 Å². The average Bonchev–Trinajstić information content (AvgIpc) is 3.22. The molecule has 0 fully saturated rings. The molecule has 0 unspecified atom stereocenters. The molecule has 3 aromatic rings. The number of hydrogen-bond donors (Lipinski definition) is 2. The van der Waals surface area contributed by atoms with Crippen LogP contribution in [0.25, 0.3) is 10.9 Å². The molecular formula is C19H19N3O4. The largest absolute Gasteiger partial charge is 0.452 e. The molecule has 7 heteroatoms. The van der Waals surface area contributed by atoms with Crippen LogP contribution in [0.3, 0.4) is 0 Å². The number of carbonyl (C=O) groups is 2. The highest BCUT2D eigenvalue weighted by molar-refractivity contribution is 5.98. The van der Waals surface area contributed by atoms with Crippen LogP contribution >= 0.6 is 0 Å². The van der Waals surface area contributed by atoms with Gasteiger partial charge in [0.1, 0.15) is 5.76 Å². The number of anilines is 1. The molecule has 4 rings (SSSR count). The van der Waals surface area contributed by atoms with Gasteiger partial charge in [0.15, 0.2) is 12.4 Å². The predicted molar refractivity (Wildman–Crippen MR) is 95.1 cm³/mol. The summed E-state index contributed by atoms with van der Waals surface area (Å²) in [5.74, 6) is -0.111. The van der Waals surface area contributed by atoms with Gasteiger partial charge < -0.3 is 19.6 Å². The van der Waals surface area contributed by atoms with E-state index in [2.05, 4.69) is 15.5 Å². The lowest BCUT2D eigenvalue weighted by Crippen LogP contribution is -2.21. The normalized spacial score (nSPS) is 13.4. The molecule has 1 aliphatic rings. The molecule has 1 amide bonds. The zero-order valence-electron chi connectivity index (χ0n) is 14.4. The SMILES string of the molecule is Cc1cc(NC(=O)COC(=O)c2ccc3[nH]c4c(c3c2)CCCC4)no1. The monoisotopic (exact) mass is 353 g/mol. The standard InChI is InChI=1S/C19H19N3O4/c1-11-8-17(22-26-11)21-18(23)10-25-19(24)12-6-7-16-14(9-12)13-4-2-3-5-15(13)20-16/h6-9,20H,2-5,10H2,1H3,(H,21,22,23). The number of H-pyrrole nitrogens is 1. The van der Waals surface area contributed by atoms with E-state index in [1.165, 1.54) is 17.7 Å². The Morgan fingerprint density at radius 3 is 2.92 bits per heavy atom. The zero-order valence-corrected chi connectivity index (χ0v) is 14.4. The molecule has 1 aliphatic carbocycles. The topological polar surface area (TPSA) is 97.2 Å². The summed E-state index contributed by atoms with van der Waals surface area (Å²) in [5, 5.41) is 7.24. The van der Waals surface area contributed by atoms with Crippen molar-refractivity contribution in [1.29, 1.82) is 0 Å². The maximum Gasteiger partial charge on any atom is 0.338 e. The van der Waals surface area contributed by atoms with Crippen LogP contribution in [0.15, 0.2) is 28.8 Å². The summed E-state index contributed by atoms with van der Waals surface area (Å²) < 4.78 is 9.98. The van der Waals surface area contributed by atoms with Crippen molar-refractivity contribution in [3.05, 3.63) is 46.8 Å². The molecule has 0 aliphatic heterocycles. The van der Waals surface area contributed by atoms with Crippen molar-refractivity contribution in [3.8, 4) is 0 Å². The second kappa shape index (κ2) is 6.67. The summed E-state index contributed by atoms with van der Waals surface area (Å²) >= 11 is 0. The van der Waals surface area contributed by atoms with E-state index in [1.54, 1.807) is 19.1 Å². The van der Waals surface area contributed by atoms with Crippen LogP contribution in [0.1, 0.15) is 40.2 Å². The van der Waals surface area contributed by atoms with Crippen molar-refractivity contribution < 1.29 is 18.8 Å². The Labute approximate surface area is 149 Å². The van der Waals surface area contributed by atoms with E-state index in [-0.39, 0.29) is 6.61 Å². The number of nitrogens with one attached hydrogen (secondary N) is 2. The third-order valence-corrected chi connectivity index (χ3v) is 4.56. The van der Waals surface area contributed by atoms with Crippen molar-refractivity contribution in [2.45, 2.75) is 32.6 Å². The Balaban J connectivity index is 1.43. The number of aromatic amines is 1. The first-order chi connectivity index (χ1) is 12.6. The first-order valence-corrected chi connectivity index (χ1v) is 8.64. The molecule has 26 heavy (non-hydrogen) atoms. The number of esters is 1. The summed E-state index contributed by atoms with van der Waals surface area (Å²) in [4.78, 5) is 27.6. The number of benzene rings is 1. The van der Waals surface area contributed by atoms with Crippen molar-refractivity contribution in [2.75, 3.05) is 11.9 Å². The highest BCUT2D eigenvalue weighted by Gasteiger charge is 2.18. The number of hydrogen-bond acceptors (Lipinski definition) is 5. The molecule has 2 heterocycles. The molecular weight excluding hydrogens is 334 g/mol. The minimum Gasteiger partial charge on any atom is -0.452 e. The molecule has 0 bridgehead atoms. The average molecular weight is 353 g/mol. The number of ether oxygens (including phenoxy) is 1. The van der Waals surface area contributed by atoms with Crippen molar-refractivity contribution in [1.82, 2.24) is 10.1 Å². The van der Waals surface area contributed by atoms with Crippen LogP contribution in [0.5, 0.6) is 0 Å². The molecule has 134 valence electrons. The Kier molecular flexibility index (Phi) is 4.20. The van der Waals surface area contributed by atoms with Gasteiger partial charge in [0, 0.05) is 22.7 Å². The fourth-order valence-electron chi connectivity index (χ4n) is 3.35. The fourth-order valence-corrected chi connectivity index (χ4v) is 3.35. The summed E-state index contributed by atoms with van der Waals surface area (Å²) in [6.07, 6.45) is 4.42. The van der Waals surface area contributed by atoms with Crippen molar-refractivity contribution >= 4 is 28.6 Å². The van der Waals surface area contributed by atoms with Crippen LogP contribution in [-0.4, -0.2) is 28.6 Å². The van der Waals surface area contributed by atoms with E-state index in [0.29, 0.717) is 17.1 Å². The summed E-state index contributed by atoms with van der Waals surface area (Å²) in [6, 6.07) is 7.04. The van der Waals surface area contributed by atoms with Gasteiger partial charge in [-0.3, -0.25) is 4.79 Å². The van der Waals surface area contributed by atoms with Crippen LogP contribution in [0, 0.1) is 6.92 Å². The number of nitrogens with zero attached hydrogens (tertiary/aromatic N) is 1. The third kappa shape index (κ3) is 3.20. The first-order valence-electron chi connectivity index (χ1n) is 8.64. The van der Waals surface area contributed by atoms with Gasteiger partial charge in [-0.2, -0.15) is 0 Å². The van der Waals surface area contributed by atoms with E-state index in [4.69, 9.17) is 9.26 Å². The van der Waals surface area contributed by atoms with Gasteiger partial charge in [-0.1, -0.05) is 5.16 Å². The molecule has 7 nitrogen and oxygen atoms in total. The van der Waals surface area contributed by atoms with E-state index >= 15 is 0 Å². The first kappa shape index (κ1) is 16.4. The highest BCUT2D eigenvalue weighted by Crippen LogP contribution is 2.29. The van der Waals surface area contributed by atoms with Crippen molar-refractivity contribution in [3.63, 3.8) is 0 Å². The van der Waals surface area contributed by atoms with Gasteiger partial charge in [0.25, 0.3) is 5.91 Å². The second-order valence-corrected chi connectivity index (χ2v) is 6.50. The molecule has 1 aromatic carbocycles. The lowest BCUT2D eigenvalue weighted by atomic mass is 9.95. The Bertz CT molecular complexity index is 986. The molecule has 2 N–H and O–H groups in total. The Morgan fingerprint density at radius 1 is 1.27 bits per heavy atom. The number of fused-ring (bicyclic) bond motifs is 3. The summed E-state index contributed by atoms with van der Waals surface area (Å²) in [5.41, 5.74) is 4.03. The Morgan fingerprint density at radius 2 is 2.12 bits per heavy atom. The van der Waals surface area contributed by atoms with E-state index in [1.807, 2.05) is 12.1 Å². The highest BCUT2D eigenvalue weighted by atomic mass is 16.5. The smallest absolute Gasteiger partial charge is 0.338 e. The maximum absolute atomic E-state index is 12.3. The van der Waals surface area contributed by atoms with Crippen LogP contribution in [-0.2, 0) is 22.4 Å². The summed E-state index contributed by atoms with van der Waals surface area (Å²) in [6.45, 7) is 1.34. The van der Waals surface area contributed by atoms with Crippen LogP contribution < -0.4 is 5.32 Å². The molecule has 0 spiro atoms. The molecule has 2 aromatic heterocycles. The van der Waals surface area contributed by atoms with Gasteiger partial charge in [-0.25, -0.2) is 4.79 Å². The number of aromatic nitrogens is 2. The van der Waals surface area contributed by atoms with E-state index < -0.39 is 11.9 Å².